The van der Waals surface area contributed by atoms with Crippen LogP contribution >= 0.6 is 0 Å². The van der Waals surface area contributed by atoms with Gasteiger partial charge in [-0.15, -0.1) is 0 Å². The van der Waals surface area contributed by atoms with E-state index in [1.54, 1.807) is 19.2 Å². The van der Waals surface area contributed by atoms with Crippen molar-refractivity contribution in [2.45, 2.75) is 19.3 Å². The molecule has 0 atom stereocenters. The molecule has 2 heterocycles. The number of non-ortho nitro benzene ring substituents is 1. The number of piperidine rings is 1. The van der Waals surface area contributed by atoms with Crippen LogP contribution in [0.1, 0.15) is 19.3 Å². The Morgan fingerprint density at radius 1 is 0.968 bits per heavy atom. The standard InChI is InChI=1S/C22H24N6O3/c1-31-19-10-8-16(9-11-19)24-22-25-20(15-21(26-22)27-12-3-2-4-13-27)23-17-6-5-7-18(14-17)28(29)30/h5-11,14-15H,2-4,12-13H2,1H3,(H2,23,24,25,26). The number of anilines is 5. The number of benzene rings is 2. The molecular weight excluding hydrogens is 396 g/mol. The van der Waals surface area contributed by atoms with Crippen molar-refractivity contribution < 1.29 is 9.66 Å². The van der Waals surface area contributed by atoms with Gasteiger partial charge >= 0.3 is 0 Å². The molecule has 1 aliphatic rings. The van der Waals surface area contributed by atoms with Crippen molar-refractivity contribution in [3.05, 3.63) is 64.7 Å². The highest BCUT2D eigenvalue weighted by Crippen LogP contribution is 2.27. The molecule has 0 unspecified atom stereocenters. The van der Waals surface area contributed by atoms with E-state index in [-0.39, 0.29) is 5.69 Å². The Labute approximate surface area is 180 Å². The monoisotopic (exact) mass is 420 g/mol. The summed E-state index contributed by atoms with van der Waals surface area (Å²) in [5.74, 6) is 2.59. The Bertz CT molecular complexity index is 1050. The van der Waals surface area contributed by atoms with Crippen LogP contribution in [0, 0.1) is 10.1 Å². The number of aromatic nitrogens is 2. The maximum Gasteiger partial charge on any atom is 0.271 e. The van der Waals surface area contributed by atoms with Gasteiger partial charge in [0.05, 0.1) is 12.0 Å². The van der Waals surface area contributed by atoms with Crippen molar-refractivity contribution in [2.24, 2.45) is 0 Å². The third-order valence-electron chi connectivity index (χ3n) is 5.07. The fourth-order valence-electron chi connectivity index (χ4n) is 3.49. The second kappa shape index (κ2) is 9.29. The van der Waals surface area contributed by atoms with Gasteiger partial charge in [-0.25, -0.2) is 0 Å². The molecule has 4 rings (SSSR count). The largest absolute Gasteiger partial charge is 0.497 e. The number of ether oxygens (including phenoxy) is 1. The van der Waals surface area contributed by atoms with Crippen LogP contribution in [0.4, 0.5) is 34.6 Å². The molecule has 2 N–H and O–H groups in total. The molecule has 1 aromatic heterocycles. The lowest BCUT2D eigenvalue weighted by molar-refractivity contribution is -0.384. The Morgan fingerprint density at radius 3 is 2.45 bits per heavy atom. The van der Waals surface area contributed by atoms with E-state index in [1.165, 1.54) is 18.6 Å². The van der Waals surface area contributed by atoms with E-state index >= 15 is 0 Å². The van der Waals surface area contributed by atoms with E-state index in [0.717, 1.165) is 43.2 Å². The number of nitro groups is 1. The van der Waals surface area contributed by atoms with Crippen LogP contribution in [0.2, 0.25) is 0 Å². The van der Waals surface area contributed by atoms with Crippen molar-refractivity contribution in [1.29, 1.82) is 0 Å². The first kappa shape index (κ1) is 20.4. The minimum Gasteiger partial charge on any atom is -0.497 e. The summed E-state index contributed by atoms with van der Waals surface area (Å²) in [5.41, 5.74) is 1.44. The summed E-state index contributed by atoms with van der Waals surface area (Å²) in [6.07, 6.45) is 3.47. The van der Waals surface area contributed by atoms with Crippen molar-refractivity contribution in [3.8, 4) is 5.75 Å². The summed E-state index contributed by atoms with van der Waals surface area (Å²) in [5, 5.41) is 17.5. The van der Waals surface area contributed by atoms with Crippen LogP contribution in [0.3, 0.4) is 0 Å². The molecule has 0 spiro atoms. The third-order valence-corrected chi connectivity index (χ3v) is 5.07. The molecule has 0 aliphatic carbocycles. The van der Waals surface area contributed by atoms with Gasteiger partial charge in [0.2, 0.25) is 5.95 Å². The normalized spacial score (nSPS) is 13.5. The topological polar surface area (TPSA) is 105 Å². The van der Waals surface area contributed by atoms with E-state index in [0.29, 0.717) is 17.5 Å². The summed E-state index contributed by atoms with van der Waals surface area (Å²) < 4.78 is 5.21. The second-order valence-corrected chi connectivity index (χ2v) is 7.27. The average Bonchev–Trinajstić information content (AvgIpc) is 2.80. The summed E-state index contributed by atoms with van der Waals surface area (Å²) in [4.78, 5) is 22.2. The van der Waals surface area contributed by atoms with E-state index < -0.39 is 4.92 Å². The minimum absolute atomic E-state index is 0.0203. The third kappa shape index (κ3) is 5.19. The van der Waals surface area contributed by atoms with Gasteiger partial charge in [0.25, 0.3) is 5.69 Å². The zero-order valence-electron chi connectivity index (χ0n) is 17.2. The number of nitrogens with one attached hydrogen (secondary N) is 2. The summed E-state index contributed by atoms with van der Waals surface area (Å²) in [6, 6.07) is 15.7. The first-order chi connectivity index (χ1) is 15.1. The summed E-state index contributed by atoms with van der Waals surface area (Å²) >= 11 is 0. The number of hydrogen-bond acceptors (Lipinski definition) is 8. The van der Waals surface area contributed by atoms with Gasteiger partial charge in [-0.1, -0.05) is 6.07 Å². The quantitative estimate of drug-likeness (QED) is 0.412. The van der Waals surface area contributed by atoms with E-state index in [2.05, 4.69) is 20.5 Å². The predicted molar refractivity (Wildman–Crippen MR) is 121 cm³/mol. The fraction of sp³-hybridized carbons (Fsp3) is 0.273. The lowest BCUT2D eigenvalue weighted by Crippen LogP contribution is -2.30. The van der Waals surface area contributed by atoms with Crippen LogP contribution < -0.4 is 20.3 Å². The second-order valence-electron chi connectivity index (χ2n) is 7.27. The van der Waals surface area contributed by atoms with E-state index in [4.69, 9.17) is 9.72 Å². The first-order valence-electron chi connectivity index (χ1n) is 10.2. The SMILES string of the molecule is COc1ccc(Nc2nc(Nc3cccc([N+](=O)[O-])c3)cc(N3CCCCC3)n2)cc1. The molecule has 2 aromatic carbocycles. The smallest absolute Gasteiger partial charge is 0.271 e. The van der Waals surface area contributed by atoms with Crippen molar-refractivity contribution in [1.82, 2.24) is 9.97 Å². The number of rotatable bonds is 7. The van der Waals surface area contributed by atoms with Crippen LogP contribution in [-0.2, 0) is 0 Å². The molecule has 0 saturated carbocycles. The Hall–Kier alpha value is -3.88. The molecule has 1 fully saturated rings. The maximum atomic E-state index is 11.1. The molecule has 0 amide bonds. The van der Waals surface area contributed by atoms with Gasteiger partial charge in [-0.2, -0.15) is 9.97 Å². The molecule has 160 valence electrons. The lowest BCUT2D eigenvalue weighted by Gasteiger charge is -2.28. The minimum atomic E-state index is -0.416. The van der Waals surface area contributed by atoms with Gasteiger partial charge in [-0.3, -0.25) is 10.1 Å². The number of nitrogens with zero attached hydrogens (tertiary/aromatic N) is 4. The molecule has 1 saturated heterocycles. The zero-order valence-corrected chi connectivity index (χ0v) is 17.2. The molecule has 0 bridgehead atoms. The van der Waals surface area contributed by atoms with Crippen LogP contribution in [0.5, 0.6) is 5.75 Å². The van der Waals surface area contributed by atoms with Gasteiger partial charge in [0.1, 0.15) is 17.4 Å². The molecule has 31 heavy (non-hydrogen) atoms. The zero-order chi connectivity index (χ0) is 21.6. The lowest BCUT2D eigenvalue weighted by atomic mass is 10.1. The molecule has 1 aliphatic heterocycles. The number of methoxy groups -OCH3 is 1. The van der Waals surface area contributed by atoms with E-state index in [9.17, 15) is 10.1 Å². The Morgan fingerprint density at radius 2 is 1.74 bits per heavy atom. The van der Waals surface area contributed by atoms with Gasteiger partial charge in [0, 0.05) is 42.7 Å². The van der Waals surface area contributed by atoms with Crippen LogP contribution in [0.15, 0.2) is 54.6 Å². The van der Waals surface area contributed by atoms with Gasteiger partial charge in [0.15, 0.2) is 0 Å². The van der Waals surface area contributed by atoms with Gasteiger partial charge in [-0.05, 0) is 49.6 Å². The summed E-state index contributed by atoms with van der Waals surface area (Å²) in [6.45, 7) is 1.88. The highest BCUT2D eigenvalue weighted by molar-refractivity contribution is 5.65. The molecule has 0 radical (unpaired) electrons. The number of nitro benzene ring substituents is 1. The van der Waals surface area contributed by atoms with Crippen molar-refractivity contribution in [2.75, 3.05) is 35.7 Å². The van der Waals surface area contributed by atoms with Crippen LogP contribution in [0.25, 0.3) is 0 Å². The Kier molecular flexibility index (Phi) is 6.11. The highest BCUT2D eigenvalue weighted by Gasteiger charge is 2.16. The molecule has 3 aromatic rings. The highest BCUT2D eigenvalue weighted by atomic mass is 16.6. The molecule has 9 heteroatoms. The maximum absolute atomic E-state index is 11.1. The molecule has 9 nitrogen and oxygen atoms in total. The van der Waals surface area contributed by atoms with Crippen LogP contribution in [-0.4, -0.2) is 35.1 Å². The predicted octanol–water partition coefficient (Wildman–Crippen LogP) is 4.87. The first-order valence-corrected chi connectivity index (χ1v) is 10.2. The fourth-order valence-corrected chi connectivity index (χ4v) is 3.49. The van der Waals surface area contributed by atoms with Crippen molar-refractivity contribution >= 4 is 34.6 Å². The average molecular weight is 420 g/mol. The Balaban J connectivity index is 1.63. The number of hydrogen-bond donors (Lipinski definition) is 2. The van der Waals surface area contributed by atoms with Gasteiger partial charge < -0.3 is 20.3 Å². The molecular formula is C22H24N6O3. The van der Waals surface area contributed by atoms with Crippen molar-refractivity contribution in [3.63, 3.8) is 0 Å². The van der Waals surface area contributed by atoms with E-state index in [1.807, 2.05) is 30.3 Å². The summed E-state index contributed by atoms with van der Waals surface area (Å²) in [7, 11) is 1.62.